The Balaban J connectivity index is 1.72. The lowest BCUT2D eigenvalue weighted by Crippen LogP contribution is -2.51. The van der Waals surface area contributed by atoms with E-state index in [0.717, 1.165) is 12.8 Å². The average molecular weight is 402 g/mol. The minimum atomic E-state index is -3.38. The fraction of sp³-hybridized carbons (Fsp3) is 0.722. The Hall–Kier alpha value is -0.960. The van der Waals surface area contributed by atoms with Crippen LogP contribution in [0.15, 0.2) is 21.7 Å². The van der Waals surface area contributed by atoms with E-state index in [1.807, 2.05) is 11.8 Å². The van der Waals surface area contributed by atoms with Gasteiger partial charge in [-0.1, -0.05) is 32.8 Å². The molecular weight excluding hydrogens is 370 g/mol. The van der Waals surface area contributed by atoms with E-state index >= 15 is 0 Å². The molecule has 0 radical (unpaired) electrons. The number of nitrogens with one attached hydrogen (secondary N) is 1. The molecule has 0 aliphatic carbocycles. The van der Waals surface area contributed by atoms with Crippen LogP contribution in [0.1, 0.15) is 40.0 Å². The minimum Gasteiger partial charge on any atom is -0.353 e. The molecule has 1 aliphatic heterocycles. The van der Waals surface area contributed by atoms with Crippen LogP contribution in [0.25, 0.3) is 0 Å². The van der Waals surface area contributed by atoms with Crippen LogP contribution in [0.2, 0.25) is 0 Å². The third-order valence-electron chi connectivity index (χ3n) is 4.61. The Morgan fingerprint density at radius 2 is 1.88 bits per heavy atom. The minimum absolute atomic E-state index is 0.0246. The molecule has 0 bridgehead atoms. The van der Waals surface area contributed by atoms with Gasteiger partial charge in [0.05, 0.1) is 6.54 Å². The summed E-state index contributed by atoms with van der Waals surface area (Å²) in [4.78, 5) is 14.2. The van der Waals surface area contributed by atoms with Crippen LogP contribution in [0, 0.1) is 5.92 Å². The zero-order chi connectivity index (χ0) is 19.2. The number of carbonyl (C=O) groups is 1. The Morgan fingerprint density at radius 1 is 1.19 bits per heavy atom. The van der Waals surface area contributed by atoms with Gasteiger partial charge >= 0.3 is 0 Å². The molecule has 148 valence electrons. The highest BCUT2D eigenvalue weighted by atomic mass is 32.2. The van der Waals surface area contributed by atoms with Crippen molar-refractivity contribution in [3.05, 3.63) is 17.5 Å². The molecule has 0 saturated carbocycles. The van der Waals surface area contributed by atoms with Crippen LogP contribution < -0.4 is 5.32 Å². The van der Waals surface area contributed by atoms with Crippen molar-refractivity contribution in [2.75, 3.05) is 32.7 Å². The Bertz CT molecular complexity index is 651. The molecule has 8 heteroatoms. The first-order valence-electron chi connectivity index (χ1n) is 9.34. The number of amides is 1. The van der Waals surface area contributed by atoms with Crippen molar-refractivity contribution in [1.82, 2.24) is 14.5 Å². The summed E-state index contributed by atoms with van der Waals surface area (Å²) in [5, 5.41) is 4.83. The molecule has 1 atom stereocenters. The molecule has 1 aromatic rings. The lowest BCUT2D eigenvalue weighted by Gasteiger charge is -2.33. The third kappa shape index (κ3) is 6.33. The van der Waals surface area contributed by atoms with Gasteiger partial charge in [0.15, 0.2) is 0 Å². The van der Waals surface area contributed by atoms with Crippen LogP contribution >= 0.6 is 11.3 Å². The molecule has 0 aromatic carbocycles. The van der Waals surface area contributed by atoms with Crippen molar-refractivity contribution in [2.24, 2.45) is 5.92 Å². The van der Waals surface area contributed by atoms with Crippen LogP contribution in [0.5, 0.6) is 0 Å². The molecule has 0 spiro atoms. The zero-order valence-electron chi connectivity index (χ0n) is 16.0. The predicted octanol–water partition coefficient (Wildman–Crippen LogP) is 2.39. The number of hydrogen-bond acceptors (Lipinski definition) is 5. The van der Waals surface area contributed by atoms with Crippen molar-refractivity contribution in [2.45, 2.75) is 50.3 Å². The normalized spacial score (nSPS) is 18.2. The first-order valence-corrected chi connectivity index (χ1v) is 11.7. The van der Waals surface area contributed by atoms with E-state index < -0.39 is 10.0 Å². The summed E-state index contributed by atoms with van der Waals surface area (Å²) in [5.74, 6) is 0.719. The summed E-state index contributed by atoms with van der Waals surface area (Å²) in [6.45, 7) is 8.82. The van der Waals surface area contributed by atoms with E-state index in [-0.39, 0.29) is 11.9 Å². The van der Waals surface area contributed by atoms with Gasteiger partial charge in [-0.3, -0.25) is 9.69 Å². The molecule has 0 unspecified atom stereocenters. The second kappa shape index (κ2) is 9.82. The summed E-state index contributed by atoms with van der Waals surface area (Å²) >= 11 is 1.24. The monoisotopic (exact) mass is 401 g/mol. The number of hydrogen-bond donors (Lipinski definition) is 1. The van der Waals surface area contributed by atoms with Crippen molar-refractivity contribution in [3.63, 3.8) is 0 Å². The molecule has 1 fully saturated rings. The fourth-order valence-electron chi connectivity index (χ4n) is 3.09. The lowest BCUT2D eigenvalue weighted by molar-refractivity contribution is -0.123. The van der Waals surface area contributed by atoms with Gasteiger partial charge in [0.2, 0.25) is 5.91 Å². The standard InChI is InChI=1S/C18H31N3O3S2/c1-15(2)6-4-7-16(3)19-17(22)14-20-9-11-21(12-10-20)26(23,24)18-8-5-13-25-18/h5,8,13,15-16H,4,6-7,9-12,14H2,1-3H3,(H,19,22)/t16-/m1/s1. The van der Waals surface area contributed by atoms with E-state index in [4.69, 9.17) is 0 Å². The van der Waals surface area contributed by atoms with Crippen molar-refractivity contribution < 1.29 is 13.2 Å². The molecule has 1 saturated heterocycles. The van der Waals surface area contributed by atoms with Crippen LogP contribution in [-0.4, -0.2) is 62.3 Å². The summed E-state index contributed by atoms with van der Waals surface area (Å²) < 4.78 is 26.9. The molecular formula is C18H31N3O3S2. The van der Waals surface area contributed by atoms with Gasteiger partial charge in [-0.05, 0) is 30.7 Å². The lowest BCUT2D eigenvalue weighted by atomic mass is 10.0. The number of rotatable bonds is 9. The van der Waals surface area contributed by atoms with E-state index in [2.05, 4.69) is 19.2 Å². The quantitative estimate of drug-likeness (QED) is 0.690. The number of sulfonamides is 1. The largest absolute Gasteiger partial charge is 0.353 e. The maximum Gasteiger partial charge on any atom is 0.252 e. The zero-order valence-corrected chi connectivity index (χ0v) is 17.6. The highest BCUT2D eigenvalue weighted by Crippen LogP contribution is 2.21. The summed E-state index contributed by atoms with van der Waals surface area (Å²) in [6, 6.07) is 3.57. The molecule has 2 rings (SSSR count). The number of nitrogens with zero attached hydrogens (tertiary/aromatic N) is 2. The molecule has 1 N–H and O–H groups in total. The van der Waals surface area contributed by atoms with E-state index in [1.165, 1.54) is 22.1 Å². The van der Waals surface area contributed by atoms with E-state index in [9.17, 15) is 13.2 Å². The second-order valence-corrected chi connectivity index (χ2v) is 10.5. The van der Waals surface area contributed by atoms with Crippen molar-refractivity contribution >= 4 is 27.3 Å². The molecule has 26 heavy (non-hydrogen) atoms. The first-order chi connectivity index (χ1) is 12.3. The van der Waals surface area contributed by atoms with Crippen LogP contribution in [0.3, 0.4) is 0 Å². The van der Waals surface area contributed by atoms with Crippen LogP contribution in [-0.2, 0) is 14.8 Å². The third-order valence-corrected chi connectivity index (χ3v) is 7.89. The Morgan fingerprint density at radius 3 is 2.46 bits per heavy atom. The smallest absolute Gasteiger partial charge is 0.252 e. The molecule has 1 aromatic heterocycles. The Kier molecular flexibility index (Phi) is 8.06. The van der Waals surface area contributed by atoms with E-state index in [1.54, 1.807) is 17.5 Å². The van der Waals surface area contributed by atoms with Gasteiger partial charge in [0.1, 0.15) is 4.21 Å². The second-order valence-electron chi connectivity index (χ2n) is 7.41. The summed E-state index contributed by atoms with van der Waals surface area (Å²) in [7, 11) is -3.38. The molecule has 1 amide bonds. The number of carbonyl (C=O) groups excluding carboxylic acids is 1. The van der Waals surface area contributed by atoms with Gasteiger partial charge in [0, 0.05) is 32.2 Å². The molecule has 6 nitrogen and oxygen atoms in total. The first kappa shape index (κ1) is 21.3. The average Bonchev–Trinajstić information content (AvgIpc) is 3.10. The van der Waals surface area contributed by atoms with Crippen molar-refractivity contribution in [3.8, 4) is 0 Å². The topological polar surface area (TPSA) is 69.7 Å². The fourth-order valence-corrected chi connectivity index (χ4v) is 5.66. The number of thiophene rings is 1. The highest BCUT2D eigenvalue weighted by Gasteiger charge is 2.29. The van der Waals surface area contributed by atoms with Gasteiger partial charge in [0.25, 0.3) is 10.0 Å². The highest BCUT2D eigenvalue weighted by molar-refractivity contribution is 7.91. The molecule has 1 aliphatic rings. The van der Waals surface area contributed by atoms with Gasteiger partial charge in [-0.15, -0.1) is 11.3 Å². The maximum absolute atomic E-state index is 12.5. The summed E-state index contributed by atoms with van der Waals surface area (Å²) in [5.41, 5.74) is 0. The number of piperazine rings is 1. The van der Waals surface area contributed by atoms with Crippen LogP contribution in [0.4, 0.5) is 0 Å². The maximum atomic E-state index is 12.5. The van der Waals surface area contributed by atoms with Crippen molar-refractivity contribution in [1.29, 1.82) is 0 Å². The summed E-state index contributed by atoms with van der Waals surface area (Å²) in [6.07, 6.45) is 3.30. The van der Waals surface area contributed by atoms with Gasteiger partial charge in [-0.25, -0.2) is 8.42 Å². The molecule has 2 heterocycles. The van der Waals surface area contributed by atoms with Gasteiger partial charge in [-0.2, -0.15) is 4.31 Å². The predicted molar refractivity (Wildman–Crippen MR) is 106 cm³/mol. The Labute approximate surface area is 161 Å². The van der Waals surface area contributed by atoms with E-state index in [0.29, 0.717) is 42.9 Å². The van der Waals surface area contributed by atoms with Gasteiger partial charge < -0.3 is 5.32 Å². The SMILES string of the molecule is CC(C)CCC[C@@H](C)NC(=O)CN1CCN(S(=O)(=O)c2cccs2)CC1.